The summed E-state index contributed by atoms with van der Waals surface area (Å²) in [6.07, 6.45) is 2.33. The number of rotatable bonds is 0. The summed E-state index contributed by atoms with van der Waals surface area (Å²) in [5, 5.41) is 11.1. The third kappa shape index (κ3) is 1.61. The fraction of sp³-hybridized carbons (Fsp3) is 0.750. The molecule has 2 saturated heterocycles. The molecule has 5 aliphatic rings. The lowest BCUT2D eigenvalue weighted by Crippen LogP contribution is -2.67. The van der Waals surface area contributed by atoms with Gasteiger partial charge in [-0.3, -0.25) is 14.4 Å². The van der Waals surface area contributed by atoms with Crippen LogP contribution in [0.1, 0.15) is 39.0 Å². The van der Waals surface area contributed by atoms with Crippen LogP contribution in [0.5, 0.6) is 0 Å². The Kier molecular flexibility index (Phi) is 3.02. The predicted molar refractivity (Wildman–Crippen MR) is 88.6 cm³/mol. The summed E-state index contributed by atoms with van der Waals surface area (Å²) in [5.74, 6) is -2.34. The summed E-state index contributed by atoms with van der Waals surface area (Å²) < 4.78 is 11.0. The maximum absolute atomic E-state index is 13.2. The van der Waals surface area contributed by atoms with E-state index in [1.54, 1.807) is 0 Å². The molecule has 1 unspecified atom stereocenters. The Bertz CT molecular complexity index is 757. The summed E-state index contributed by atoms with van der Waals surface area (Å²) in [5.41, 5.74) is -2.03. The molecular formula is C20H24O6. The lowest BCUT2D eigenvalue weighted by atomic mass is 9.44. The largest absolute Gasteiger partial charge is 0.465 e. The van der Waals surface area contributed by atoms with E-state index in [0.29, 0.717) is 31.4 Å². The van der Waals surface area contributed by atoms with Gasteiger partial charge in [0.15, 0.2) is 5.78 Å². The Morgan fingerprint density at radius 1 is 1.15 bits per heavy atom. The Morgan fingerprint density at radius 2 is 1.92 bits per heavy atom. The molecule has 0 amide bonds. The van der Waals surface area contributed by atoms with Gasteiger partial charge in [0.25, 0.3) is 0 Å². The van der Waals surface area contributed by atoms with Crippen LogP contribution in [0, 0.1) is 34.0 Å². The zero-order valence-electron chi connectivity index (χ0n) is 15.0. The van der Waals surface area contributed by atoms with Crippen molar-refractivity contribution < 1.29 is 29.0 Å². The predicted octanol–water partition coefficient (Wildman–Crippen LogP) is 1.41. The van der Waals surface area contributed by atoms with Crippen molar-refractivity contribution in [3.05, 3.63) is 12.2 Å². The first-order chi connectivity index (χ1) is 12.3. The number of allylic oxidation sites excluding steroid dienone is 1. The quantitative estimate of drug-likeness (QED) is 0.399. The molecule has 2 bridgehead atoms. The molecule has 1 N–H and O–H groups in total. The molecule has 26 heavy (non-hydrogen) atoms. The van der Waals surface area contributed by atoms with Crippen LogP contribution >= 0.6 is 0 Å². The van der Waals surface area contributed by atoms with E-state index < -0.39 is 34.7 Å². The number of Topliss-reactive ketones (excluding diaryl/α,β-unsaturated/α-hetero) is 1. The van der Waals surface area contributed by atoms with Crippen LogP contribution in [0.4, 0.5) is 0 Å². The van der Waals surface area contributed by atoms with E-state index in [2.05, 4.69) is 6.58 Å². The standard InChI is InChI=1S/C20H24O6/c1-10-11-6-12(21)13-19(9-26-17(24)20(13,7-11)15(10)22)5-3-4-18(2)8-25-16(23)14(18)19/h11-14,21H,1,3-9H2,2H3/t11-,12-,13+,14?,18+,19-,20+/m1/s1. The fourth-order valence-corrected chi connectivity index (χ4v) is 7.21. The minimum Gasteiger partial charge on any atom is -0.465 e. The molecule has 2 heterocycles. The molecular weight excluding hydrogens is 336 g/mol. The number of ether oxygens (including phenoxy) is 2. The Morgan fingerprint density at radius 3 is 2.69 bits per heavy atom. The van der Waals surface area contributed by atoms with Crippen molar-refractivity contribution in [2.75, 3.05) is 13.2 Å². The van der Waals surface area contributed by atoms with Crippen molar-refractivity contribution in [2.45, 2.75) is 45.1 Å². The van der Waals surface area contributed by atoms with Crippen LogP contribution in [0.2, 0.25) is 0 Å². The van der Waals surface area contributed by atoms with Crippen LogP contribution in [-0.2, 0) is 23.9 Å². The number of cyclic esters (lactones) is 2. The first-order valence-corrected chi connectivity index (χ1v) is 9.52. The van der Waals surface area contributed by atoms with Crippen molar-refractivity contribution in [1.82, 2.24) is 0 Å². The van der Waals surface area contributed by atoms with Gasteiger partial charge in [-0.25, -0.2) is 0 Å². The van der Waals surface area contributed by atoms with Crippen LogP contribution in [-0.4, -0.2) is 42.1 Å². The number of fused-ring (bicyclic) bond motifs is 4. The third-order valence-corrected chi connectivity index (χ3v) is 8.10. The highest BCUT2D eigenvalue weighted by molar-refractivity contribution is 6.15. The molecule has 3 aliphatic carbocycles. The minimum absolute atomic E-state index is 0.0785. The van der Waals surface area contributed by atoms with Crippen molar-refractivity contribution in [3.8, 4) is 0 Å². The zero-order chi connectivity index (χ0) is 18.5. The van der Waals surface area contributed by atoms with Crippen molar-refractivity contribution >= 4 is 17.7 Å². The fourth-order valence-electron chi connectivity index (χ4n) is 7.21. The normalized spacial score (nSPS) is 52.5. The molecule has 3 saturated carbocycles. The molecule has 140 valence electrons. The summed E-state index contributed by atoms with van der Waals surface area (Å²) in [7, 11) is 0. The minimum atomic E-state index is -1.38. The summed E-state index contributed by atoms with van der Waals surface area (Å²) in [4.78, 5) is 38.8. The highest BCUT2D eigenvalue weighted by Crippen LogP contribution is 2.69. The van der Waals surface area contributed by atoms with Crippen molar-refractivity contribution in [1.29, 1.82) is 0 Å². The van der Waals surface area contributed by atoms with Crippen molar-refractivity contribution in [3.63, 3.8) is 0 Å². The van der Waals surface area contributed by atoms with E-state index in [1.165, 1.54) is 0 Å². The zero-order valence-corrected chi connectivity index (χ0v) is 15.0. The topological polar surface area (TPSA) is 89.9 Å². The number of aliphatic hydroxyl groups excluding tert-OH is 1. The molecule has 5 rings (SSSR count). The Hall–Kier alpha value is -1.69. The molecule has 7 atom stereocenters. The SMILES string of the molecule is C=C1C(=O)[C@]23C[C@H]1C[C@@H](O)[C@H]2[C@@]1(CCC[C@@]2(C)COC(=O)C21)COC3=O. The highest BCUT2D eigenvalue weighted by atomic mass is 16.5. The van der Waals surface area contributed by atoms with E-state index in [-0.39, 0.29) is 29.7 Å². The van der Waals surface area contributed by atoms with Gasteiger partial charge >= 0.3 is 11.9 Å². The molecule has 0 aromatic rings. The van der Waals surface area contributed by atoms with E-state index in [1.807, 2.05) is 6.92 Å². The maximum atomic E-state index is 13.2. The first kappa shape index (κ1) is 16.5. The molecule has 5 fully saturated rings. The maximum Gasteiger partial charge on any atom is 0.320 e. The van der Waals surface area contributed by atoms with Gasteiger partial charge in [0.2, 0.25) is 0 Å². The van der Waals surface area contributed by atoms with Crippen LogP contribution in [0.25, 0.3) is 0 Å². The van der Waals surface area contributed by atoms with E-state index in [9.17, 15) is 19.5 Å². The molecule has 0 aromatic heterocycles. The summed E-state index contributed by atoms with van der Waals surface area (Å²) in [6, 6.07) is 0. The number of hydrogen-bond acceptors (Lipinski definition) is 6. The average Bonchev–Trinajstić information content (AvgIpc) is 3.01. The third-order valence-electron chi connectivity index (χ3n) is 8.10. The lowest BCUT2D eigenvalue weighted by molar-refractivity contribution is -0.225. The summed E-state index contributed by atoms with van der Waals surface area (Å²) >= 11 is 0. The second-order valence-electron chi connectivity index (χ2n) is 9.37. The number of aliphatic hydroxyl groups is 1. The van der Waals surface area contributed by atoms with Gasteiger partial charge in [-0.15, -0.1) is 0 Å². The molecule has 6 heteroatoms. The smallest absolute Gasteiger partial charge is 0.320 e. The van der Waals surface area contributed by atoms with Crippen LogP contribution in [0.15, 0.2) is 12.2 Å². The average molecular weight is 360 g/mol. The highest BCUT2D eigenvalue weighted by Gasteiger charge is 2.76. The monoisotopic (exact) mass is 360 g/mol. The van der Waals surface area contributed by atoms with Crippen molar-refractivity contribution in [2.24, 2.45) is 34.0 Å². The molecule has 0 radical (unpaired) electrons. The van der Waals surface area contributed by atoms with Crippen LogP contribution < -0.4 is 0 Å². The molecule has 2 spiro atoms. The lowest BCUT2D eigenvalue weighted by Gasteiger charge is -2.59. The molecule has 6 nitrogen and oxygen atoms in total. The first-order valence-electron chi connectivity index (χ1n) is 9.52. The van der Waals surface area contributed by atoms with Gasteiger partial charge in [0.05, 0.1) is 25.2 Å². The second kappa shape index (κ2) is 4.77. The number of hydrogen-bond donors (Lipinski definition) is 1. The number of esters is 2. The van der Waals surface area contributed by atoms with Gasteiger partial charge in [-0.2, -0.15) is 0 Å². The second-order valence-corrected chi connectivity index (χ2v) is 9.37. The van der Waals surface area contributed by atoms with Gasteiger partial charge in [-0.1, -0.05) is 19.9 Å². The van der Waals surface area contributed by atoms with Crippen LogP contribution in [0.3, 0.4) is 0 Å². The van der Waals surface area contributed by atoms with Gasteiger partial charge in [0, 0.05) is 16.7 Å². The number of carbonyl (C=O) groups is 3. The Balaban J connectivity index is 1.72. The Labute approximate surface area is 151 Å². The van der Waals surface area contributed by atoms with Gasteiger partial charge in [-0.05, 0) is 37.2 Å². The van der Waals surface area contributed by atoms with Gasteiger partial charge < -0.3 is 14.6 Å². The van der Waals surface area contributed by atoms with E-state index in [0.717, 1.165) is 12.8 Å². The molecule has 2 aliphatic heterocycles. The number of ketones is 1. The summed E-state index contributed by atoms with van der Waals surface area (Å²) in [6.45, 7) is 6.37. The number of carbonyl (C=O) groups excluding carboxylic acids is 3. The van der Waals surface area contributed by atoms with E-state index in [4.69, 9.17) is 9.47 Å². The molecule has 0 aromatic carbocycles. The van der Waals surface area contributed by atoms with E-state index >= 15 is 0 Å². The van der Waals surface area contributed by atoms with Gasteiger partial charge in [0.1, 0.15) is 5.41 Å².